The Morgan fingerprint density at radius 3 is 2.38 bits per heavy atom. The predicted octanol–water partition coefficient (Wildman–Crippen LogP) is 1.60. The molecule has 2 N–H and O–H groups in total. The monoisotopic (exact) mass is 291 g/mol. The molecule has 5 heteroatoms. The Labute approximate surface area is 124 Å². The fraction of sp³-hybridized carbons (Fsp3) is 0.562. The quantitative estimate of drug-likeness (QED) is 0.920. The van der Waals surface area contributed by atoms with E-state index in [-0.39, 0.29) is 17.1 Å². The molecule has 0 unspecified atom stereocenters. The molecule has 4 nitrogen and oxygen atoms in total. The molecule has 1 aromatic rings. The maximum atomic E-state index is 13.8. The number of nitrogens with two attached hydrogens (primary N) is 1. The van der Waals surface area contributed by atoms with Crippen LogP contribution in [-0.2, 0) is 4.79 Å². The SMILES string of the molecule is NCC1(C(=O)N2CCN(c3ccccc3F)CC2)CCC1. The molecule has 1 aromatic carbocycles. The van der Waals surface area contributed by atoms with Crippen molar-refractivity contribution in [2.24, 2.45) is 11.1 Å². The molecule has 1 saturated heterocycles. The zero-order chi connectivity index (χ0) is 14.9. The van der Waals surface area contributed by atoms with Gasteiger partial charge in [0.25, 0.3) is 0 Å². The van der Waals surface area contributed by atoms with Crippen molar-refractivity contribution in [3.8, 4) is 0 Å². The van der Waals surface area contributed by atoms with E-state index in [0.717, 1.165) is 19.3 Å². The smallest absolute Gasteiger partial charge is 0.230 e. The van der Waals surface area contributed by atoms with E-state index in [1.54, 1.807) is 12.1 Å². The van der Waals surface area contributed by atoms with Gasteiger partial charge in [0.1, 0.15) is 5.82 Å². The summed E-state index contributed by atoms with van der Waals surface area (Å²) < 4.78 is 13.8. The van der Waals surface area contributed by atoms with Gasteiger partial charge in [-0.1, -0.05) is 18.6 Å². The standard InChI is InChI=1S/C16H22FN3O/c17-13-4-1-2-5-14(13)19-8-10-20(11-9-19)15(21)16(12-18)6-3-7-16/h1-2,4-5H,3,6-12,18H2. The number of para-hydroxylation sites is 1. The average Bonchev–Trinajstić information content (AvgIpc) is 2.47. The van der Waals surface area contributed by atoms with Crippen LogP contribution in [0.1, 0.15) is 19.3 Å². The first-order valence-electron chi connectivity index (χ1n) is 7.65. The van der Waals surface area contributed by atoms with E-state index in [4.69, 9.17) is 5.73 Å². The van der Waals surface area contributed by atoms with Gasteiger partial charge in [0.05, 0.1) is 11.1 Å². The van der Waals surface area contributed by atoms with Gasteiger partial charge in [-0.2, -0.15) is 0 Å². The minimum Gasteiger partial charge on any atom is -0.366 e. The number of nitrogens with zero attached hydrogens (tertiary/aromatic N) is 2. The van der Waals surface area contributed by atoms with Crippen molar-refractivity contribution in [3.05, 3.63) is 30.1 Å². The second-order valence-corrected chi connectivity index (χ2v) is 6.07. The summed E-state index contributed by atoms with van der Waals surface area (Å²) in [5.74, 6) is -0.000804. The Balaban J connectivity index is 1.63. The average molecular weight is 291 g/mol. The van der Waals surface area contributed by atoms with Gasteiger partial charge in [0.15, 0.2) is 0 Å². The topological polar surface area (TPSA) is 49.6 Å². The van der Waals surface area contributed by atoms with E-state index in [2.05, 4.69) is 0 Å². The zero-order valence-corrected chi connectivity index (χ0v) is 12.2. The summed E-state index contributed by atoms with van der Waals surface area (Å²) in [7, 11) is 0. The molecule has 1 amide bonds. The maximum absolute atomic E-state index is 13.8. The van der Waals surface area contributed by atoms with E-state index >= 15 is 0 Å². The number of piperazine rings is 1. The summed E-state index contributed by atoms with van der Waals surface area (Å²) in [5, 5.41) is 0. The highest BCUT2D eigenvalue weighted by atomic mass is 19.1. The van der Waals surface area contributed by atoms with E-state index < -0.39 is 0 Å². The third kappa shape index (κ3) is 2.50. The predicted molar refractivity (Wildman–Crippen MR) is 80.5 cm³/mol. The van der Waals surface area contributed by atoms with Crippen LogP contribution in [0, 0.1) is 11.2 Å². The number of amides is 1. The fourth-order valence-corrected chi connectivity index (χ4v) is 3.30. The number of carbonyl (C=O) groups is 1. The molecule has 21 heavy (non-hydrogen) atoms. The van der Waals surface area contributed by atoms with E-state index in [9.17, 15) is 9.18 Å². The molecule has 1 aliphatic heterocycles. The van der Waals surface area contributed by atoms with Crippen molar-refractivity contribution >= 4 is 11.6 Å². The maximum Gasteiger partial charge on any atom is 0.230 e. The Kier molecular flexibility index (Phi) is 3.85. The van der Waals surface area contributed by atoms with Gasteiger partial charge in [-0.05, 0) is 25.0 Å². The second kappa shape index (κ2) is 5.64. The Morgan fingerprint density at radius 2 is 1.86 bits per heavy atom. The molecule has 0 atom stereocenters. The lowest BCUT2D eigenvalue weighted by Crippen LogP contribution is -2.57. The Bertz CT molecular complexity index is 516. The van der Waals surface area contributed by atoms with Gasteiger partial charge in [-0.25, -0.2) is 4.39 Å². The molecule has 0 aromatic heterocycles. The van der Waals surface area contributed by atoms with Crippen molar-refractivity contribution in [2.75, 3.05) is 37.6 Å². The number of anilines is 1. The van der Waals surface area contributed by atoms with Crippen LogP contribution in [0.4, 0.5) is 10.1 Å². The number of carbonyl (C=O) groups excluding carboxylic acids is 1. The van der Waals surface area contributed by atoms with E-state index in [1.165, 1.54) is 6.07 Å². The van der Waals surface area contributed by atoms with Crippen molar-refractivity contribution in [1.82, 2.24) is 4.90 Å². The van der Waals surface area contributed by atoms with Gasteiger partial charge in [-0.15, -0.1) is 0 Å². The molecular weight excluding hydrogens is 269 g/mol. The van der Waals surface area contributed by atoms with Crippen molar-refractivity contribution in [1.29, 1.82) is 0 Å². The largest absolute Gasteiger partial charge is 0.366 e. The van der Waals surface area contributed by atoms with E-state index in [1.807, 2.05) is 15.9 Å². The first-order valence-corrected chi connectivity index (χ1v) is 7.65. The van der Waals surface area contributed by atoms with Crippen molar-refractivity contribution in [3.63, 3.8) is 0 Å². The number of rotatable bonds is 3. The number of hydrogen-bond donors (Lipinski definition) is 1. The van der Waals surface area contributed by atoms with Crippen LogP contribution in [0.3, 0.4) is 0 Å². The van der Waals surface area contributed by atoms with Crippen LogP contribution in [0.5, 0.6) is 0 Å². The highest BCUT2D eigenvalue weighted by molar-refractivity contribution is 5.84. The first kappa shape index (κ1) is 14.3. The van der Waals surface area contributed by atoms with Crippen molar-refractivity contribution in [2.45, 2.75) is 19.3 Å². The third-order valence-electron chi connectivity index (χ3n) is 4.92. The molecule has 3 rings (SSSR count). The van der Waals surface area contributed by atoms with Gasteiger partial charge in [-0.3, -0.25) is 4.79 Å². The van der Waals surface area contributed by atoms with Gasteiger partial charge in [0.2, 0.25) is 5.91 Å². The summed E-state index contributed by atoms with van der Waals surface area (Å²) in [4.78, 5) is 16.5. The number of hydrogen-bond acceptors (Lipinski definition) is 3. The minimum absolute atomic E-state index is 0.199. The summed E-state index contributed by atoms with van der Waals surface area (Å²) in [5.41, 5.74) is 6.13. The van der Waals surface area contributed by atoms with Gasteiger partial charge in [0, 0.05) is 32.7 Å². The number of halogens is 1. The zero-order valence-electron chi connectivity index (χ0n) is 12.2. The molecule has 1 saturated carbocycles. The summed E-state index contributed by atoms with van der Waals surface area (Å²) in [6.07, 6.45) is 2.92. The lowest BCUT2D eigenvalue weighted by molar-refractivity contribution is -0.147. The molecule has 0 bridgehead atoms. The van der Waals surface area contributed by atoms with Crippen LogP contribution in [0.15, 0.2) is 24.3 Å². The van der Waals surface area contributed by atoms with Crippen LogP contribution in [0.2, 0.25) is 0 Å². The van der Waals surface area contributed by atoms with Crippen LogP contribution < -0.4 is 10.6 Å². The summed E-state index contributed by atoms with van der Waals surface area (Å²) >= 11 is 0. The second-order valence-electron chi connectivity index (χ2n) is 6.07. The van der Waals surface area contributed by atoms with E-state index in [0.29, 0.717) is 38.4 Å². The molecule has 1 heterocycles. The summed E-state index contributed by atoms with van der Waals surface area (Å²) in [6.45, 7) is 3.09. The molecule has 1 aliphatic carbocycles. The molecule has 2 aliphatic rings. The molecule has 114 valence electrons. The molecule has 2 fully saturated rings. The van der Waals surface area contributed by atoms with Crippen LogP contribution in [0.25, 0.3) is 0 Å². The molecular formula is C16H22FN3O. The normalized spacial score (nSPS) is 21.0. The Hall–Kier alpha value is -1.62. The molecule has 0 radical (unpaired) electrons. The van der Waals surface area contributed by atoms with Gasteiger partial charge >= 0.3 is 0 Å². The fourth-order valence-electron chi connectivity index (χ4n) is 3.30. The minimum atomic E-state index is -0.305. The third-order valence-corrected chi connectivity index (χ3v) is 4.92. The van der Waals surface area contributed by atoms with Gasteiger partial charge < -0.3 is 15.5 Å². The Morgan fingerprint density at radius 1 is 1.19 bits per heavy atom. The van der Waals surface area contributed by atoms with Crippen LogP contribution in [-0.4, -0.2) is 43.5 Å². The lowest BCUT2D eigenvalue weighted by atomic mass is 9.67. The summed E-state index contributed by atoms with van der Waals surface area (Å²) in [6, 6.07) is 6.80. The first-order chi connectivity index (χ1) is 10.2. The molecule has 0 spiro atoms. The van der Waals surface area contributed by atoms with Crippen LogP contribution >= 0.6 is 0 Å². The highest BCUT2D eigenvalue weighted by Gasteiger charge is 2.45. The lowest BCUT2D eigenvalue weighted by Gasteiger charge is -2.45. The van der Waals surface area contributed by atoms with Crippen molar-refractivity contribution < 1.29 is 9.18 Å². The highest BCUT2D eigenvalue weighted by Crippen LogP contribution is 2.41. The number of benzene rings is 1.